The summed E-state index contributed by atoms with van der Waals surface area (Å²) < 4.78 is 33.1. The fourth-order valence-electron chi connectivity index (χ4n) is 6.66. The lowest BCUT2D eigenvalue weighted by molar-refractivity contribution is -0.210. The Labute approximate surface area is 310 Å². The molecule has 0 N–H and O–H groups in total. The highest BCUT2D eigenvalue weighted by Crippen LogP contribution is 2.30. The van der Waals surface area contributed by atoms with Crippen LogP contribution < -0.4 is 4.74 Å². The zero-order valence-corrected chi connectivity index (χ0v) is 30.4. The van der Waals surface area contributed by atoms with Gasteiger partial charge in [-0.05, 0) is 52.8 Å². The van der Waals surface area contributed by atoms with Gasteiger partial charge in [0, 0.05) is 13.1 Å². The second-order valence-electron chi connectivity index (χ2n) is 13.5. The summed E-state index contributed by atoms with van der Waals surface area (Å²) in [5.74, 6) is 0.921. The van der Waals surface area contributed by atoms with Crippen molar-refractivity contribution in [2.24, 2.45) is 0 Å². The molecule has 0 amide bonds. The van der Waals surface area contributed by atoms with Crippen LogP contribution in [0.5, 0.6) is 5.75 Å². The average molecular weight is 700 g/mol. The average Bonchev–Trinajstić information content (AvgIpc) is 3.20. The molecular weight excluding hydrogens is 647 g/mol. The molecule has 1 fully saturated rings. The van der Waals surface area contributed by atoms with E-state index in [0.717, 1.165) is 60.4 Å². The molecule has 1 aliphatic heterocycles. The molecule has 0 saturated carbocycles. The molecule has 272 valence electrons. The van der Waals surface area contributed by atoms with Crippen LogP contribution in [0.1, 0.15) is 47.6 Å². The van der Waals surface area contributed by atoms with Gasteiger partial charge in [-0.15, -0.1) is 0 Å². The molecule has 1 aliphatic rings. The maximum absolute atomic E-state index is 6.97. The van der Waals surface area contributed by atoms with E-state index < -0.39 is 0 Å². The van der Waals surface area contributed by atoms with Gasteiger partial charge in [0.05, 0.1) is 51.8 Å². The van der Waals surface area contributed by atoms with Gasteiger partial charge in [0.15, 0.2) is 0 Å². The summed E-state index contributed by atoms with van der Waals surface area (Å²) >= 11 is 0. The third-order valence-corrected chi connectivity index (χ3v) is 9.61. The van der Waals surface area contributed by atoms with Crippen molar-refractivity contribution in [2.45, 2.75) is 77.0 Å². The molecule has 1 heterocycles. The Morgan fingerprint density at radius 2 is 1.04 bits per heavy atom. The van der Waals surface area contributed by atoms with E-state index in [9.17, 15) is 0 Å². The Kier molecular flexibility index (Phi) is 14.9. The molecule has 52 heavy (non-hydrogen) atoms. The zero-order chi connectivity index (χ0) is 35.6. The molecule has 0 unspecified atom stereocenters. The molecule has 0 bridgehead atoms. The molecule has 0 spiro atoms. The maximum Gasteiger partial charge on any atom is 0.119 e. The molecule has 6 rings (SSSR count). The van der Waals surface area contributed by atoms with Gasteiger partial charge in [-0.1, -0.05) is 147 Å². The predicted molar refractivity (Wildman–Crippen MR) is 207 cm³/mol. The van der Waals surface area contributed by atoms with Crippen LogP contribution in [0.3, 0.4) is 0 Å². The summed E-state index contributed by atoms with van der Waals surface area (Å²) in [5, 5.41) is 0. The van der Waals surface area contributed by atoms with Gasteiger partial charge in [-0.3, -0.25) is 4.90 Å². The number of benzene rings is 5. The van der Waals surface area contributed by atoms with Crippen LogP contribution in [0.25, 0.3) is 0 Å². The number of rotatable bonds is 20. The molecule has 4 atom stereocenters. The van der Waals surface area contributed by atoms with Crippen LogP contribution in [-0.2, 0) is 51.8 Å². The summed E-state index contributed by atoms with van der Waals surface area (Å²) in [7, 11) is 0. The van der Waals surface area contributed by atoms with Crippen molar-refractivity contribution in [2.75, 3.05) is 26.3 Å². The molecule has 6 nitrogen and oxygen atoms in total. The SMILES string of the molecule is CCCCOc1ccc(CCN2C[C@H](OCc3ccccc3)[C@@H](OCc3ccccc3)[C@H](OCc3ccccc3)[C@@H]2COCc2ccccc2)cc1. The van der Waals surface area contributed by atoms with Crippen molar-refractivity contribution in [3.8, 4) is 5.75 Å². The minimum atomic E-state index is -0.325. The van der Waals surface area contributed by atoms with Gasteiger partial charge in [-0.2, -0.15) is 0 Å². The summed E-state index contributed by atoms with van der Waals surface area (Å²) in [6.45, 7) is 6.87. The first-order valence-corrected chi connectivity index (χ1v) is 18.8. The first-order chi connectivity index (χ1) is 25.7. The van der Waals surface area contributed by atoms with Crippen molar-refractivity contribution >= 4 is 0 Å². The minimum absolute atomic E-state index is 0.0681. The van der Waals surface area contributed by atoms with E-state index in [1.54, 1.807) is 0 Å². The first-order valence-electron chi connectivity index (χ1n) is 18.8. The lowest BCUT2D eigenvalue weighted by atomic mass is 9.92. The van der Waals surface area contributed by atoms with Gasteiger partial charge >= 0.3 is 0 Å². The van der Waals surface area contributed by atoms with Crippen molar-refractivity contribution in [1.29, 1.82) is 0 Å². The molecule has 1 saturated heterocycles. The van der Waals surface area contributed by atoms with Crippen molar-refractivity contribution in [3.05, 3.63) is 173 Å². The Bertz CT molecular complexity index is 1670. The van der Waals surface area contributed by atoms with E-state index in [1.165, 1.54) is 5.56 Å². The molecule has 5 aromatic rings. The second kappa shape index (κ2) is 20.7. The first kappa shape index (κ1) is 37.5. The third-order valence-electron chi connectivity index (χ3n) is 9.61. The molecule has 0 radical (unpaired) electrons. The highest BCUT2D eigenvalue weighted by Gasteiger charge is 2.46. The number of unbranched alkanes of at least 4 members (excludes halogenated alkanes) is 1. The van der Waals surface area contributed by atoms with Crippen LogP contribution in [0.2, 0.25) is 0 Å². The number of piperidine rings is 1. The summed E-state index contributed by atoms with van der Waals surface area (Å²) in [6.07, 6.45) is 2.17. The van der Waals surface area contributed by atoms with Gasteiger partial charge in [-0.25, -0.2) is 0 Å². The highest BCUT2D eigenvalue weighted by molar-refractivity contribution is 5.27. The van der Waals surface area contributed by atoms with E-state index in [2.05, 4.69) is 133 Å². The normalized spacial score (nSPS) is 19.0. The quantitative estimate of drug-likeness (QED) is 0.0756. The van der Waals surface area contributed by atoms with Crippen molar-refractivity contribution in [3.63, 3.8) is 0 Å². The van der Waals surface area contributed by atoms with Gasteiger partial charge in [0.25, 0.3) is 0 Å². The lowest BCUT2D eigenvalue weighted by Gasteiger charge is -2.48. The standard InChI is InChI=1S/C46H53NO5/c1-2-3-30-49-42-26-24-37(25-27-42)28-29-47-31-44(50-33-39-18-10-5-11-19-39)46(52-35-41-22-14-7-15-23-41)45(51-34-40-20-12-6-13-21-40)43(47)36-48-32-38-16-8-4-9-17-38/h4-27,43-46H,2-3,28-36H2,1H3/t43-,44-,45+,46+/m0/s1. The topological polar surface area (TPSA) is 49.4 Å². The van der Waals surface area contributed by atoms with Crippen molar-refractivity contribution < 1.29 is 23.7 Å². The number of ether oxygens (including phenoxy) is 5. The Morgan fingerprint density at radius 3 is 1.58 bits per heavy atom. The van der Waals surface area contributed by atoms with Crippen LogP contribution >= 0.6 is 0 Å². The van der Waals surface area contributed by atoms with E-state index >= 15 is 0 Å². The molecular formula is C46H53NO5. The summed E-state index contributed by atoms with van der Waals surface area (Å²) in [5.41, 5.74) is 5.78. The predicted octanol–water partition coefficient (Wildman–Crippen LogP) is 9.07. The number of hydrogen-bond acceptors (Lipinski definition) is 6. The largest absolute Gasteiger partial charge is 0.494 e. The molecule has 6 heteroatoms. The van der Waals surface area contributed by atoms with Crippen LogP contribution in [-0.4, -0.2) is 55.6 Å². The Balaban J connectivity index is 1.27. The molecule has 0 aliphatic carbocycles. The van der Waals surface area contributed by atoms with Crippen LogP contribution in [0, 0.1) is 0 Å². The maximum atomic E-state index is 6.97. The lowest BCUT2D eigenvalue weighted by Crippen LogP contribution is -2.64. The number of hydrogen-bond donors (Lipinski definition) is 0. The fraction of sp³-hybridized carbons (Fsp3) is 0.348. The Hall–Kier alpha value is -4.30. The van der Waals surface area contributed by atoms with Crippen LogP contribution in [0.4, 0.5) is 0 Å². The van der Waals surface area contributed by atoms with E-state index in [1.807, 2.05) is 24.3 Å². The molecule has 0 aromatic heterocycles. The molecule has 5 aromatic carbocycles. The zero-order valence-electron chi connectivity index (χ0n) is 30.4. The number of likely N-dealkylation sites (tertiary alicyclic amines) is 1. The van der Waals surface area contributed by atoms with Crippen LogP contribution in [0.15, 0.2) is 146 Å². The summed E-state index contributed by atoms with van der Waals surface area (Å²) in [6, 6.07) is 49.9. The van der Waals surface area contributed by atoms with Gasteiger partial charge in [0.2, 0.25) is 0 Å². The fourth-order valence-corrected chi connectivity index (χ4v) is 6.66. The van der Waals surface area contributed by atoms with Gasteiger partial charge in [0.1, 0.15) is 18.0 Å². The van der Waals surface area contributed by atoms with Gasteiger partial charge < -0.3 is 23.7 Å². The number of nitrogens with zero attached hydrogens (tertiary/aromatic N) is 1. The van der Waals surface area contributed by atoms with E-state index in [-0.39, 0.29) is 24.4 Å². The monoisotopic (exact) mass is 699 g/mol. The van der Waals surface area contributed by atoms with Crippen molar-refractivity contribution in [1.82, 2.24) is 4.90 Å². The van der Waals surface area contributed by atoms with E-state index in [0.29, 0.717) is 39.6 Å². The second-order valence-corrected chi connectivity index (χ2v) is 13.5. The smallest absolute Gasteiger partial charge is 0.119 e. The third kappa shape index (κ3) is 11.6. The Morgan fingerprint density at radius 1 is 0.538 bits per heavy atom. The summed E-state index contributed by atoms with van der Waals surface area (Å²) in [4.78, 5) is 2.50. The minimum Gasteiger partial charge on any atom is -0.494 e. The highest BCUT2D eigenvalue weighted by atomic mass is 16.6. The van der Waals surface area contributed by atoms with E-state index in [4.69, 9.17) is 23.7 Å².